The number of aryl methyl sites for hydroxylation is 1. The second-order valence-electron chi connectivity index (χ2n) is 5.44. The highest BCUT2D eigenvalue weighted by Crippen LogP contribution is 2.22. The zero-order chi connectivity index (χ0) is 15.6. The largest absolute Gasteiger partial charge is 0.462 e. The lowest BCUT2D eigenvalue weighted by molar-refractivity contribution is 0.0459. The smallest absolute Gasteiger partial charge is 0.338 e. The van der Waals surface area contributed by atoms with Gasteiger partial charge in [0.15, 0.2) is 0 Å². The van der Waals surface area contributed by atoms with Gasteiger partial charge in [-0.25, -0.2) is 9.48 Å². The van der Waals surface area contributed by atoms with Crippen LogP contribution in [0.1, 0.15) is 35.6 Å². The summed E-state index contributed by atoms with van der Waals surface area (Å²) in [7, 11) is 0. The van der Waals surface area contributed by atoms with Crippen LogP contribution in [0, 0.1) is 19.8 Å². The topological polar surface area (TPSA) is 44.1 Å². The quantitative estimate of drug-likeness (QED) is 0.803. The summed E-state index contributed by atoms with van der Waals surface area (Å²) >= 11 is 6.16. The number of rotatable bonds is 4. The first kappa shape index (κ1) is 15.6. The van der Waals surface area contributed by atoms with Gasteiger partial charge in [-0.05, 0) is 38.0 Å². The van der Waals surface area contributed by atoms with Crippen molar-refractivity contribution < 1.29 is 9.53 Å². The van der Waals surface area contributed by atoms with Gasteiger partial charge in [0.05, 0.1) is 34.3 Å². The molecule has 0 unspecified atom stereocenters. The highest BCUT2D eigenvalue weighted by Gasteiger charge is 2.13. The van der Waals surface area contributed by atoms with Crippen molar-refractivity contribution in [3.05, 3.63) is 46.2 Å². The molecule has 0 N–H and O–H groups in total. The Morgan fingerprint density at radius 1 is 1.38 bits per heavy atom. The van der Waals surface area contributed by atoms with E-state index in [4.69, 9.17) is 16.3 Å². The van der Waals surface area contributed by atoms with Crippen LogP contribution in [0.2, 0.25) is 5.02 Å². The number of hydrogen-bond acceptors (Lipinski definition) is 3. The van der Waals surface area contributed by atoms with Crippen molar-refractivity contribution in [2.75, 3.05) is 6.61 Å². The minimum atomic E-state index is -0.321. The maximum Gasteiger partial charge on any atom is 0.338 e. The molecule has 1 aromatic heterocycles. The summed E-state index contributed by atoms with van der Waals surface area (Å²) in [6, 6.07) is 7.19. The lowest BCUT2D eigenvalue weighted by atomic mass is 10.2. The summed E-state index contributed by atoms with van der Waals surface area (Å²) in [4.78, 5) is 12.0. The van der Waals surface area contributed by atoms with Crippen molar-refractivity contribution >= 4 is 17.6 Å². The molecule has 0 amide bonds. The average Bonchev–Trinajstić information content (AvgIpc) is 2.72. The molecule has 0 atom stereocenters. The summed E-state index contributed by atoms with van der Waals surface area (Å²) in [6.45, 7) is 8.16. The molecule has 0 bridgehead atoms. The standard InChI is InChI=1S/C16H19ClN2O2/c1-10(2)9-21-16(20)13-6-5-7-14(8-13)19-12(4)15(17)11(3)18-19/h5-8,10H,9H2,1-4H3. The third kappa shape index (κ3) is 3.45. The molecule has 0 aliphatic carbocycles. The number of ether oxygens (including phenoxy) is 1. The van der Waals surface area contributed by atoms with Gasteiger partial charge in [-0.15, -0.1) is 0 Å². The highest BCUT2D eigenvalue weighted by atomic mass is 35.5. The number of hydrogen-bond donors (Lipinski definition) is 0. The normalized spacial score (nSPS) is 11.0. The van der Waals surface area contributed by atoms with E-state index in [9.17, 15) is 4.79 Å². The Labute approximate surface area is 129 Å². The van der Waals surface area contributed by atoms with Crippen molar-refractivity contribution in [1.82, 2.24) is 9.78 Å². The number of halogens is 1. The third-order valence-corrected chi connectivity index (χ3v) is 3.62. The van der Waals surface area contributed by atoms with Crippen molar-refractivity contribution in [1.29, 1.82) is 0 Å². The van der Waals surface area contributed by atoms with Gasteiger partial charge in [-0.2, -0.15) is 5.10 Å². The van der Waals surface area contributed by atoms with E-state index in [0.717, 1.165) is 17.1 Å². The molecule has 1 aromatic carbocycles. The van der Waals surface area contributed by atoms with Crippen LogP contribution in [0.4, 0.5) is 0 Å². The maximum atomic E-state index is 12.0. The minimum Gasteiger partial charge on any atom is -0.462 e. The van der Waals surface area contributed by atoms with Gasteiger partial charge < -0.3 is 4.74 Å². The minimum absolute atomic E-state index is 0.312. The average molecular weight is 307 g/mol. The lowest BCUT2D eigenvalue weighted by Crippen LogP contribution is -2.11. The summed E-state index contributed by atoms with van der Waals surface area (Å²) in [5.74, 6) is -0.00914. The number of esters is 1. The van der Waals surface area contributed by atoms with E-state index in [1.54, 1.807) is 16.8 Å². The molecule has 0 spiro atoms. The van der Waals surface area contributed by atoms with E-state index in [1.807, 2.05) is 39.8 Å². The van der Waals surface area contributed by atoms with Crippen molar-refractivity contribution in [2.45, 2.75) is 27.7 Å². The Bertz CT molecular complexity index is 662. The molecule has 0 aliphatic heterocycles. The molecule has 1 heterocycles. The van der Waals surface area contributed by atoms with Gasteiger partial charge in [0, 0.05) is 0 Å². The summed E-state index contributed by atoms with van der Waals surface area (Å²) in [6.07, 6.45) is 0. The van der Waals surface area contributed by atoms with Crippen molar-refractivity contribution in [2.24, 2.45) is 5.92 Å². The van der Waals surface area contributed by atoms with E-state index in [2.05, 4.69) is 5.10 Å². The Balaban J connectivity index is 2.29. The van der Waals surface area contributed by atoms with Gasteiger partial charge in [0.1, 0.15) is 0 Å². The first-order valence-corrected chi connectivity index (χ1v) is 7.27. The fourth-order valence-electron chi connectivity index (χ4n) is 1.97. The predicted octanol–water partition coefficient (Wildman–Crippen LogP) is 3.96. The van der Waals surface area contributed by atoms with E-state index in [-0.39, 0.29) is 5.97 Å². The van der Waals surface area contributed by atoms with E-state index < -0.39 is 0 Å². The van der Waals surface area contributed by atoms with Crippen LogP contribution in [-0.2, 0) is 4.74 Å². The predicted molar refractivity (Wildman–Crippen MR) is 83.2 cm³/mol. The molecule has 112 valence electrons. The molecule has 0 saturated heterocycles. The third-order valence-electron chi connectivity index (χ3n) is 3.08. The van der Waals surface area contributed by atoms with Crippen LogP contribution < -0.4 is 0 Å². The van der Waals surface area contributed by atoms with E-state index in [1.165, 1.54) is 0 Å². The van der Waals surface area contributed by atoms with Crippen LogP contribution in [0.3, 0.4) is 0 Å². The first-order chi connectivity index (χ1) is 9.90. The van der Waals surface area contributed by atoms with Gasteiger partial charge in [0.2, 0.25) is 0 Å². The van der Waals surface area contributed by atoms with Crippen LogP contribution in [0.25, 0.3) is 5.69 Å². The van der Waals surface area contributed by atoms with Gasteiger partial charge in [-0.1, -0.05) is 31.5 Å². The molecule has 0 radical (unpaired) electrons. The number of aromatic nitrogens is 2. The number of carbonyl (C=O) groups excluding carboxylic acids is 1. The van der Waals surface area contributed by atoms with E-state index >= 15 is 0 Å². The van der Waals surface area contributed by atoms with Gasteiger partial charge in [0.25, 0.3) is 0 Å². The van der Waals surface area contributed by atoms with Crippen LogP contribution in [0.5, 0.6) is 0 Å². The zero-order valence-electron chi connectivity index (χ0n) is 12.7. The fourth-order valence-corrected chi connectivity index (χ4v) is 2.08. The molecular formula is C16H19ClN2O2. The molecule has 21 heavy (non-hydrogen) atoms. The number of carbonyl (C=O) groups is 1. The number of nitrogens with zero attached hydrogens (tertiary/aromatic N) is 2. The summed E-state index contributed by atoms with van der Waals surface area (Å²) < 4.78 is 6.98. The first-order valence-electron chi connectivity index (χ1n) is 6.89. The molecule has 5 heteroatoms. The van der Waals surface area contributed by atoms with Crippen LogP contribution >= 0.6 is 11.6 Å². The van der Waals surface area contributed by atoms with Gasteiger partial charge in [-0.3, -0.25) is 0 Å². The Morgan fingerprint density at radius 2 is 2.10 bits per heavy atom. The molecule has 2 aromatic rings. The van der Waals surface area contributed by atoms with Crippen molar-refractivity contribution in [3.8, 4) is 5.69 Å². The van der Waals surface area contributed by atoms with Gasteiger partial charge >= 0.3 is 5.97 Å². The summed E-state index contributed by atoms with van der Waals surface area (Å²) in [5.41, 5.74) is 2.92. The Hall–Kier alpha value is -1.81. The second-order valence-corrected chi connectivity index (χ2v) is 5.82. The van der Waals surface area contributed by atoms with Crippen molar-refractivity contribution in [3.63, 3.8) is 0 Å². The SMILES string of the molecule is Cc1nn(-c2cccc(C(=O)OCC(C)C)c2)c(C)c1Cl. The Kier molecular flexibility index (Phi) is 4.68. The molecule has 2 rings (SSSR count). The molecule has 0 fully saturated rings. The molecule has 0 saturated carbocycles. The summed E-state index contributed by atoms with van der Waals surface area (Å²) in [5, 5.41) is 5.03. The van der Waals surface area contributed by atoms with E-state index in [0.29, 0.717) is 23.1 Å². The second kappa shape index (κ2) is 6.31. The highest BCUT2D eigenvalue weighted by molar-refractivity contribution is 6.31. The number of benzene rings is 1. The maximum absolute atomic E-state index is 12.0. The van der Waals surface area contributed by atoms with Crippen LogP contribution in [0.15, 0.2) is 24.3 Å². The zero-order valence-corrected chi connectivity index (χ0v) is 13.4. The molecule has 4 nitrogen and oxygen atoms in total. The lowest BCUT2D eigenvalue weighted by Gasteiger charge is -2.09. The fraction of sp³-hybridized carbons (Fsp3) is 0.375. The molecule has 0 aliphatic rings. The molecular weight excluding hydrogens is 288 g/mol. The Morgan fingerprint density at radius 3 is 2.67 bits per heavy atom. The monoisotopic (exact) mass is 306 g/mol. The van der Waals surface area contributed by atoms with Crippen LogP contribution in [-0.4, -0.2) is 22.4 Å².